The highest BCUT2D eigenvalue weighted by Crippen LogP contribution is 2.29. The maximum absolute atomic E-state index is 11.9. The number of amides is 1. The summed E-state index contributed by atoms with van der Waals surface area (Å²) in [5.74, 6) is -0.448. The second-order valence-corrected chi connectivity index (χ2v) is 5.72. The van der Waals surface area contributed by atoms with Gasteiger partial charge in [-0.05, 0) is 37.8 Å². The third-order valence-electron chi connectivity index (χ3n) is 4.10. The van der Waals surface area contributed by atoms with E-state index in [0.717, 1.165) is 25.1 Å². The molecule has 1 unspecified atom stereocenters. The van der Waals surface area contributed by atoms with Crippen molar-refractivity contribution in [1.29, 1.82) is 0 Å². The first-order chi connectivity index (χ1) is 9.58. The lowest BCUT2D eigenvalue weighted by Crippen LogP contribution is -2.51. The Labute approximate surface area is 121 Å². The molecule has 0 aliphatic heterocycles. The molecule has 20 heavy (non-hydrogen) atoms. The summed E-state index contributed by atoms with van der Waals surface area (Å²) in [5.41, 5.74) is 11.6. The van der Waals surface area contributed by atoms with Gasteiger partial charge in [-0.2, -0.15) is 0 Å². The zero-order chi connectivity index (χ0) is 14.6. The largest absolute Gasteiger partial charge is 0.368 e. The van der Waals surface area contributed by atoms with E-state index >= 15 is 0 Å². The fourth-order valence-electron chi connectivity index (χ4n) is 2.67. The molecule has 1 amide bonds. The normalized spacial score (nSPS) is 17.9. The van der Waals surface area contributed by atoms with Gasteiger partial charge in [-0.3, -0.25) is 4.79 Å². The molecule has 1 aromatic carbocycles. The summed E-state index contributed by atoms with van der Waals surface area (Å²) in [4.78, 5) is 14.3. The molecule has 1 aliphatic rings. The first-order valence-electron chi connectivity index (χ1n) is 7.46. The number of carbonyl (C=O) groups excluding carboxylic acids is 1. The third kappa shape index (κ3) is 3.38. The van der Waals surface area contributed by atoms with Crippen molar-refractivity contribution in [2.75, 3.05) is 13.1 Å². The van der Waals surface area contributed by atoms with E-state index in [2.05, 4.69) is 11.8 Å². The van der Waals surface area contributed by atoms with E-state index in [9.17, 15) is 4.79 Å². The van der Waals surface area contributed by atoms with Gasteiger partial charge >= 0.3 is 0 Å². The van der Waals surface area contributed by atoms with Gasteiger partial charge in [-0.15, -0.1) is 0 Å². The van der Waals surface area contributed by atoms with Crippen molar-refractivity contribution in [3.05, 3.63) is 35.9 Å². The molecule has 1 aliphatic carbocycles. The standard InChI is InChI=1S/C16H25N3O/c1-2-11-19(14-8-9-14)12-10-16(18,15(17)20)13-6-4-3-5-7-13/h3-7,14H,2,8-12,18H2,1H3,(H2,17,20). The minimum absolute atomic E-state index is 0.448. The SMILES string of the molecule is CCCN(CCC(N)(C(N)=O)c1ccccc1)C1CC1. The van der Waals surface area contributed by atoms with Crippen LogP contribution in [-0.2, 0) is 10.3 Å². The van der Waals surface area contributed by atoms with Crippen LogP contribution in [0.15, 0.2) is 30.3 Å². The van der Waals surface area contributed by atoms with Crippen molar-refractivity contribution >= 4 is 5.91 Å². The molecule has 1 atom stereocenters. The molecule has 110 valence electrons. The number of benzene rings is 1. The van der Waals surface area contributed by atoms with Crippen molar-refractivity contribution < 1.29 is 4.79 Å². The highest BCUT2D eigenvalue weighted by atomic mass is 16.1. The Morgan fingerprint density at radius 1 is 1.30 bits per heavy atom. The second kappa shape index (κ2) is 6.37. The molecule has 4 heteroatoms. The Kier molecular flexibility index (Phi) is 4.78. The van der Waals surface area contributed by atoms with Crippen LogP contribution in [-0.4, -0.2) is 29.9 Å². The lowest BCUT2D eigenvalue weighted by molar-refractivity contribution is -0.123. The number of primary amides is 1. The topological polar surface area (TPSA) is 72.3 Å². The van der Waals surface area contributed by atoms with E-state index in [1.165, 1.54) is 12.8 Å². The molecule has 0 spiro atoms. The maximum Gasteiger partial charge on any atom is 0.242 e. The zero-order valence-corrected chi connectivity index (χ0v) is 12.2. The number of hydrogen-bond donors (Lipinski definition) is 2. The molecule has 0 aromatic heterocycles. The molecular formula is C16H25N3O. The minimum atomic E-state index is -1.07. The quantitative estimate of drug-likeness (QED) is 0.756. The first kappa shape index (κ1) is 15.0. The maximum atomic E-state index is 11.9. The van der Waals surface area contributed by atoms with Crippen molar-refractivity contribution in [1.82, 2.24) is 4.90 Å². The molecule has 0 saturated heterocycles. The lowest BCUT2D eigenvalue weighted by Gasteiger charge is -2.30. The smallest absolute Gasteiger partial charge is 0.242 e. The van der Waals surface area contributed by atoms with Crippen molar-refractivity contribution in [3.8, 4) is 0 Å². The summed E-state index contributed by atoms with van der Waals surface area (Å²) >= 11 is 0. The molecular weight excluding hydrogens is 250 g/mol. The Morgan fingerprint density at radius 2 is 1.95 bits per heavy atom. The highest BCUT2D eigenvalue weighted by molar-refractivity contribution is 5.85. The van der Waals surface area contributed by atoms with Crippen LogP contribution < -0.4 is 11.5 Å². The number of nitrogens with zero attached hydrogens (tertiary/aromatic N) is 1. The predicted molar refractivity (Wildman–Crippen MR) is 81.0 cm³/mol. The van der Waals surface area contributed by atoms with Gasteiger partial charge in [0.05, 0.1) is 0 Å². The Balaban J connectivity index is 2.07. The average molecular weight is 275 g/mol. The van der Waals surface area contributed by atoms with Crippen LogP contribution in [0.2, 0.25) is 0 Å². The Hall–Kier alpha value is -1.39. The third-order valence-corrected chi connectivity index (χ3v) is 4.10. The molecule has 1 aromatic rings. The molecule has 0 radical (unpaired) electrons. The van der Waals surface area contributed by atoms with Crippen molar-refractivity contribution in [2.24, 2.45) is 11.5 Å². The summed E-state index contributed by atoms with van der Waals surface area (Å²) < 4.78 is 0. The fraction of sp³-hybridized carbons (Fsp3) is 0.562. The van der Waals surface area contributed by atoms with Gasteiger partial charge < -0.3 is 16.4 Å². The number of nitrogens with two attached hydrogens (primary N) is 2. The van der Waals surface area contributed by atoms with Gasteiger partial charge in [0, 0.05) is 12.6 Å². The van der Waals surface area contributed by atoms with Crippen LogP contribution in [0.5, 0.6) is 0 Å². The van der Waals surface area contributed by atoms with Gasteiger partial charge in [0.15, 0.2) is 0 Å². The highest BCUT2D eigenvalue weighted by Gasteiger charge is 2.36. The first-order valence-corrected chi connectivity index (χ1v) is 7.46. The summed E-state index contributed by atoms with van der Waals surface area (Å²) in [6.07, 6.45) is 4.22. The molecule has 1 fully saturated rings. The Bertz CT molecular complexity index is 444. The number of hydrogen-bond acceptors (Lipinski definition) is 3. The van der Waals surface area contributed by atoms with Crippen LogP contribution in [0.25, 0.3) is 0 Å². The van der Waals surface area contributed by atoms with Gasteiger partial charge in [0.1, 0.15) is 5.54 Å². The number of rotatable bonds is 8. The summed E-state index contributed by atoms with van der Waals surface area (Å²) in [6.45, 7) is 4.07. The summed E-state index contributed by atoms with van der Waals surface area (Å²) in [7, 11) is 0. The molecule has 2 rings (SSSR count). The minimum Gasteiger partial charge on any atom is -0.368 e. The van der Waals surface area contributed by atoms with Gasteiger partial charge in [0.2, 0.25) is 5.91 Å². The van der Waals surface area contributed by atoms with Crippen LogP contribution >= 0.6 is 0 Å². The Morgan fingerprint density at radius 3 is 2.45 bits per heavy atom. The van der Waals surface area contributed by atoms with Gasteiger partial charge in [-0.25, -0.2) is 0 Å². The van der Waals surface area contributed by atoms with E-state index in [-0.39, 0.29) is 0 Å². The molecule has 0 bridgehead atoms. The van der Waals surface area contributed by atoms with Crippen LogP contribution in [0.1, 0.15) is 38.2 Å². The van der Waals surface area contributed by atoms with E-state index in [1.54, 1.807) is 0 Å². The molecule has 4 N–H and O–H groups in total. The summed E-state index contributed by atoms with van der Waals surface area (Å²) in [6, 6.07) is 10.1. The van der Waals surface area contributed by atoms with E-state index in [0.29, 0.717) is 12.5 Å². The summed E-state index contributed by atoms with van der Waals surface area (Å²) in [5, 5.41) is 0. The van der Waals surface area contributed by atoms with E-state index < -0.39 is 11.4 Å². The average Bonchev–Trinajstić information content (AvgIpc) is 3.28. The van der Waals surface area contributed by atoms with Crippen LogP contribution in [0, 0.1) is 0 Å². The predicted octanol–water partition coefficient (Wildman–Crippen LogP) is 1.59. The molecule has 1 saturated carbocycles. The molecule has 4 nitrogen and oxygen atoms in total. The van der Waals surface area contributed by atoms with E-state index in [4.69, 9.17) is 11.5 Å². The number of carbonyl (C=O) groups is 1. The fourth-order valence-corrected chi connectivity index (χ4v) is 2.67. The van der Waals surface area contributed by atoms with Crippen LogP contribution in [0.3, 0.4) is 0 Å². The van der Waals surface area contributed by atoms with Crippen molar-refractivity contribution in [2.45, 2.75) is 44.2 Å². The van der Waals surface area contributed by atoms with Crippen LogP contribution in [0.4, 0.5) is 0 Å². The zero-order valence-electron chi connectivity index (χ0n) is 12.2. The molecule has 0 heterocycles. The monoisotopic (exact) mass is 275 g/mol. The second-order valence-electron chi connectivity index (χ2n) is 5.72. The lowest BCUT2D eigenvalue weighted by atomic mass is 9.86. The van der Waals surface area contributed by atoms with Gasteiger partial charge in [-0.1, -0.05) is 37.3 Å². The van der Waals surface area contributed by atoms with Gasteiger partial charge in [0.25, 0.3) is 0 Å². The van der Waals surface area contributed by atoms with Crippen molar-refractivity contribution in [3.63, 3.8) is 0 Å². The van der Waals surface area contributed by atoms with E-state index in [1.807, 2.05) is 30.3 Å².